The molecule has 0 aromatic heterocycles. The van der Waals surface area contributed by atoms with Crippen molar-refractivity contribution in [1.29, 1.82) is 0 Å². The van der Waals surface area contributed by atoms with Gasteiger partial charge in [0.25, 0.3) is 0 Å². The van der Waals surface area contributed by atoms with Crippen LogP contribution in [0.4, 0.5) is 0 Å². The number of hydrogen-bond donors (Lipinski definition) is 0. The van der Waals surface area contributed by atoms with E-state index in [0.717, 1.165) is 24.8 Å². The molecule has 0 saturated carbocycles. The molecule has 0 spiro atoms. The van der Waals surface area contributed by atoms with Gasteiger partial charge < -0.3 is 9.47 Å². The van der Waals surface area contributed by atoms with Crippen molar-refractivity contribution in [3.05, 3.63) is 23.3 Å². The van der Waals surface area contributed by atoms with E-state index in [9.17, 15) is 4.79 Å². The second kappa shape index (κ2) is 9.14. The Bertz CT molecular complexity index is 422. The largest absolute Gasteiger partial charge is 0.466 e. The molecular weight excluding hydrogens is 276 g/mol. The minimum atomic E-state index is -0.262. The lowest BCUT2D eigenvalue weighted by Crippen LogP contribution is -2.07. The maximum Gasteiger partial charge on any atom is 0.330 e. The molecule has 22 heavy (non-hydrogen) atoms. The second-order valence-corrected chi connectivity index (χ2v) is 6.59. The summed E-state index contributed by atoms with van der Waals surface area (Å²) >= 11 is 0. The smallest absolute Gasteiger partial charge is 0.330 e. The second-order valence-electron chi connectivity index (χ2n) is 6.59. The number of rotatable bonds is 10. The summed E-state index contributed by atoms with van der Waals surface area (Å²) in [5.41, 5.74) is 2.76. The van der Waals surface area contributed by atoms with Crippen molar-refractivity contribution in [1.82, 2.24) is 0 Å². The van der Waals surface area contributed by atoms with Gasteiger partial charge in [-0.05, 0) is 59.3 Å². The predicted octanol–water partition coefficient (Wildman–Crippen LogP) is 4.96. The summed E-state index contributed by atoms with van der Waals surface area (Å²) in [6.07, 6.45) is 12.2. The summed E-state index contributed by atoms with van der Waals surface area (Å²) in [6, 6.07) is 0. The molecule has 0 aromatic carbocycles. The van der Waals surface area contributed by atoms with E-state index in [-0.39, 0.29) is 11.6 Å². The van der Waals surface area contributed by atoms with Crippen LogP contribution in [0.3, 0.4) is 0 Å². The van der Waals surface area contributed by atoms with Crippen LogP contribution in [0.1, 0.15) is 72.6 Å². The lowest BCUT2D eigenvalue weighted by Gasteiger charge is -2.09. The van der Waals surface area contributed by atoms with Gasteiger partial charge in [0.15, 0.2) is 0 Å². The third kappa shape index (κ3) is 6.78. The van der Waals surface area contributed by atoms with Crippen LogP contribution in [-0.2, 0) is 14.3 Å². The first-order chi connectivity index (χ1) is 10.4. The zero-order valence-electron chi connectivity index (χ0n) is 14.9. The van der Waals surface area contributed by atoms with Gasteiger partial charge in [-0.15, -0.1) is 0 Å². The number of allylic oxidation sites excluding steroid dienone is 3. The van der Waals surface area contributed by atoms with Gasteiger partial charge in [0.05, 0.1) is 18.8 Å². The van der Waals surface area contributed by atoms with Crippen molar-refractivity contribution in [2.45, 2.75) is 84.3 Å². The van der Waals surface area contributed by atoms with Crippen molar-refractivity contribution in [3.63, 3.8) is 0 Å². The third-order valence-electron chi connectivity index (χ3n) is 4.53. The molecule has 1 heterocycles. The Kier molecular flexibility index (Phi) is 7.88. The summed E-state index contributed by atoms with van der Waals surface area (Å²) in [4.78, 5) is 11.2. The minimum Gasteiger partial charge on any atom is -0.466 e. The molecule has 2 atom stereocenters. The van der Waals surface area contributed by atoms with Crippen LogP contribution in [-0.4, -0.2) is 24.8 Å². The van der Waals surface area contributed by atoms with Crippen LogP contribution in [0, 0.1) is 0 Å². The van der Waals surface area contributed by atoms with Crippen molar-refractivity contribution in [3.8, 4) is 0 Å². The molecule has 3 nitrogen and oxygen atoms in total. The van der Waals surface area contributed by atoms with Gasteiger partial charge in [0.2, 0.25) is 0 Å². The highest BCUT2D eigenvalue weighted by Crippen LogP contribution is 2.40. The SMILES string of the molecule is CCC/C(=C\CC/C(C)=C/C(=O)OC)CCCC1(C)OC1C. The number of carbonyl (C=O) groups excluding carboxylic acids is 1. The molecule has 1 aliphatic heterocycles. The number of methoxy groups -OCH3 is 1. The average molecular weight is 308 g/mol. The van der Waals surface area contributed by atoms with Gasteiger partial charge in [-0.2, -0.15) is 0 Å². The average Bonchev–Trinajstić information content (AvgIpc) is 3.05. The van der Waals surface area contributed by atoms with E-state index in [0.29, 0.717) is 6.10 Å². The summed E-state index contributed by atoms with van der Waals surface area (Å²) < 4.78 is 10.3. The Balaban J connectivity index is 2.35. The third-order valence-corrected chi connectivity index (χ3v) is 4.53. The molecule has 0 N–H and O–H groups in total. The van der Waals surface area contributed by atoms with E-state index in [1.54, 1.807) is 11.6 Å². The number of carbonyl (C=O) groups is 1. The molecule has 2 unspecified atom stereocenters. The van der Waals surface area contributed by atoms with Crippen molar-refractivity contribution in [2.75, 3.05) is 7.11 Å². The van der Waals surface area contributed by atoms with Crippen LogP contribution >= 0.6 is 0 Å². The van der Waals surface area contributed by atoms with Crippen LogP contribution in [0.25, 0.3) is 0 Å². The van der Waals surface area contributed by atoms with E-state index in [2.05, 4.69) is 31.6 Å². The Morgan fingerprint density at radius 2 is 2.00 bits per heavy atom. The molecule has 0 amide bonds. The zero-order chi connectivity index (χ0) is 16.6. The standard InChI is InChI=1S/C19H32O3/c1-6-9-17(12-8-13-19(4)16(3)22-19)11-7-10-15(2)14-18(20)21-5/h11,14,16H,6-10,12-13H2,1-5H3/b15-14+,17-11+. The number of hydrogen-bond acceptors (Lipinski definition) is 3. The maximum absolute atomic E-state index is 11.2. The summed E-state index contributed by atoms with van der Waals surface area (Å²) in [6.45, 7) is 8.57. The topological polar surface area (TPSA) is 38.8 Å². The maximum atomic E-state index is 11.2. The molecule has 126 valence electrons. The molecule has 0 aliphatic carbocycles. The fourth-order valence-electron chi connectivity index (χ4n) is 2.78. The molecule has 3 heteroatoms. The summed E-state index contributed by atoms with van der Waals surface area (Å²) in [7, 11) is 1.41. The highest BCUT2D eigenvalue weighted by Gasteiger charge is 2.47. The lowest BCUT2D eigenvalue weighted by molar-refractivity contribution is -0.134. The van der Waals surface area contributed by atoms with E-state index >= 15 is 0 Å². The molecule has 0 radical (unpaired) electrons. The number of ether oxygens (including phenoxy) is 2. The molecule has 1 rings (SSSR count). The fraction of sp³-hybridized carbons (Fsp3) is 0.737. The highest BCUT2D eigenvalue weighted by molar-refractivity contribution is 5.82. The van der Waals surface area contributed by atoms with Crippen molar-refractivity contribution in [2.24, 2.45) is 0 Å². The molecule has 0 bridgehead atoms. The van der Waals surface area contributed by atoms with Crippen molar-refractivity contribution < 1.29 is 14.3 Å². The van der Waals surface area contributed by atoms with Crippen LogP contribution in [0.5, 0.6) is 0 Å². The fourth-order valence-corrected chi connectivity index (χ4v) is 2.78. The Labute approximate surface area is 135 Å². The summed E-state index contributed by atoms with van der Waals surface area (Å²) in [5, 5.41) is 0. The van der Waals surface area contributed by atoms with Crippen LogP contribution in [0.15, 0.2) is 23.3 Å². The van der Waals surface area contributed by atoms with Gasteiger partial charge in [-0.25, -0.2) is 4.79 Å². The number of esters is 1. The van der Waals surface area contributed by atoms with Gasteiger partial charge >= 0.3 is 5.97 Å². The van der Waals surface area contributed by atoms with Crippen LogP contribution in [0.2, 0.25) is 0 Å². The molecule has 1 aliphatic rings. The highest BCUT2D eigenvalue weighted by atomic mass is 16.6. The number of epoxide rings is 1. The molecular formula is C19H32O3. The lowest BCUT2D eigenvalue weighted by atomic mass is 9.96. The normalized spacial score (nSPS) is 25.2. The van der Waals surface area contributed by atoms with E-state index in [1.165, 1.54) is 32.8 Å². The first-order valence-corrected chi connectivity index (χ1v) is 8.52. The molecule has 1 fully saturated rings. The van der Waals surface area contributed by atoms with E-state index in [1.807, 2.05) is 6.92 Å². The van der Waals surface area contributed by atoms with Gasteiger partial charge in [-0.3, -0.25) is 0 Å². The Hall–Kier alpha value is -1.09. The molecule has 0 aromatic rings. The molecule has 1 saturated heterocycles. The first-order valence-electron chi connectivity index (χ1n) is 8.52. The zero-order valence-corrected chi connectivity index (χ0v) is 14.9. The van der Waals surface area contributed by atoms with Gasteiger partial charge in [-0.1, -0.05) is 30.6 Å². The Morgan fingerprint density at radius 3 is 2.55 bits per heavy atom. The minimum absolute atomic E-state index is 0.136. The van der Waals surface area contributed by atoms with Crippen LogP contribution < -0.4 is 0 Å². The van der Waals surface area contributed by atoms with Gasteiger partial charge in [0.1, 0.15) is 0 Å². The van der Waals surface area contributed by atoms with Gasteiger partial charge in [0, 0.05) is 6.08 Å². The predicted molar refractivity (Wildman–Crippen MR) is 90.8 cm³/mol. The first kappa shape index (κ1) is 19.0. The van der Waals surface area contributed by atoms with Crippen molar-refractivity contribution >= 4 is 5.97 Å². The quantitative estimate of drug-likeness (QED) is 0.248. The monoisotopic (exact) mass is 308 g/mol. The Morgan fingerprint density at radius 1 is 1.32 bits per heavy atom. The van der Waals surface area contributed by atoms with E-state index < -0.39 is 0 Å². The summed E-state index contributed by atoms with van der Waals surface area (Å²) in [5.74, 6) is -0.262. The van der Waals surface area contributed by atoms with E-state index in [4.69, 9.17) is 4.74 Å².